The van der Waals surface area contributed by atoms with Gasteiger partial charge in [0.25, 0.3) is 5.91 Å². The molecule has 1 aliphatic heterocycles. The second-order valence-electron chi connectivity index (χ2n) is 6.89. The van der Waals surface area contributed by atoms with Crippen LogP contribution in [-0.4, -0.2) is 25.8 Å². The summed E-state index contributed by atoms with van der Waals surface area (Å²) >= 11 is 7.51. The predicted molar refractivity (Wildman–Crippen MR) is 117 cm³/mol. The Kier molecular flexibility index (Phi) is 5.63. The van der Waals surface area contributed by atoms with E-state index >= 15 is 0 Å². The smallest absolute Gasteiger partial charge is 0.264 e. The lowest BCUT2D eigenvalue weighted by Crippen LogP contribution is -2.35. The van der Waals surface area contributed by atoms with Gasteiger partial charge in [0.2, 0.25) is 10.0 Å². The summed E-state index contributed by atoms with van der Waals surface area (Å²) in [4.78, 5) is 15.1. The zero-order chi connectivity index (χ0) is 20.4. The number of fused-ring (bicyclic) bond motifs is 1. The fraction of sp³-hybridized carbons (Fsp3) is 0.190. The fourth-order valence-electron chi connectivity index (χ4n) is 3.39. The third kappa shape index (κ3) is 4.63. The summed E-state index contributed by atoms with van der Waals surface area (Å²) in [5.41, 5.74) is 3.13. The molecule has 0 radical (unpaired) electrons. The summed E-state index contributed by atoms with van der Waals surface area (Å²) in [6.07, 6.45) is 0.749. The number of thiophene rings is 1. The normalized spacial score (nSPS) is 13.8. The number of hydrogen-bond acceptors (Lipinski definition) is 4. The molecule has 2 heterocycles. The van der Waals surface area contributed by atoms with Crippen LogP contribution < -0.4 is 4.72 Å². The van der Waals surface area contributed by atoms with Crippen molar-refractivity contribution in [2.45, 2.75) is 18.7 Å². The maximum atomic E-state index is 12.6. The van der Waals surface area contributed by atoms with E-state index in [2.05, 4.69) is 4.72 Å². The van der Waals surface area contributed by atoms with Gasteiger partial charge < -0.3 is 4.90 Å². The van der Waals surface area contributed by atoms with Crippen LogP contribution in [0.3, 0.4) is 0 Å². The molecule has 4 rings (SSSR count). The molecule has 0 bridgehead atoms. The molecule has 29 heavy (non-hydrogen) atoms. The average molecular weight is 447 g/mol. The molecular formula is C21H19ClN2O3S2. The van der Waals surface area contributed by atoms with Gasteiger partial charge >= 0.3 is 0 Å². The first-order valence-electron chi connectivity index (χ1n) is 9.10. The van der Waals surface area contributed by atoms with Gasteiger partial charge in [-0.3, -0.25) is 9.52 Å². The van der Waals surface area contributed by atoms with E-state index in [1.165, 1.54) is 11.3 Å². The summed E-state index contributed by atoms with van der Waals surface area (Å²) in [5, 5.41) is 2.31. The highest BCUT2D eigenvalue weighted by molar-refractivity contribution is 7.91. The largest absolute Gasteiger partial charge is 0.333 e. The third-order valence-corrected chi connectivity index (χ3v) is 7.28. The molecule has 8 heteroatoms. The molecule has 1 aliphatic rings. The molecule has 2 aromatic carbocycles. The van der Waals surface area contributed by atoms with Gasteiger partial charge in [-0.05, 0) is 52.8 Å². The Balaban J connectivity index is 1.50. The molecule has 1 amide bonds. The van der Waals surface area contributed by atoms with Gasteiger partial charge in [0, 0.05) is 23.8 Å². The van der Waals surface area contributed by atoms with Crippen LogP contribution in [0.2, 0.25) is 5.02 Å². The van der Waals surface area contributed by atoms with Crippen molar-refractivity contribution in [3.8, 4) is 0 Å². The number of amides is 1. The van der Waals surface area contributed by atoms with E-state index in [0.717, 1.165) is 17.5 Å². The van der Waals surface area contributed by atoms with Gasteiger partial charge in [0.1, 0.15) is 0 Å². The van der Waals surface area contributed by atoms with Crippen molar-refractivity contribution in [1.29, 1.82) is 0 Å². The van der Waals surface area contributed by atoms with E-state index in [1.807, 2.05) is 29.6 Å². The van der Waals surface area contributed by atoms with Gasteiger partial charge in [-0.2, -0.15) is 0 Å². The van der Waals surface area contributed by atoms with Crippen molar-refractivity contribution in [1.82, 2.24) is 4.90 Å². The van der Waals surface area contributed by atoms with E-state index < -0.39 is 10.0 Å². The van der Waals surface area contributed by atoms with Crippen LogP contribution in [0.4, 0.5) is 5.69 Å². The Morgan fingerprint density at radius 2 is 1.93 bits per heavy atom. The van der Waals surface area contributed by atoms with Crippen molar-refractivity contribution in [3.63, 3.8) is 0 Å². The Morgan fingerprint density at radius 1 is 1.10 bits per heavy atom. The van der Waals surface area contributed by atoms with Crippen molar-refractivity contribution < 1.29 is 13.2 Å². The second kappa shape index (κ2) is 8.18. The predicted octanol–water partition coefficient (Wildman–Crippen LogP) is 4.54. The first kappa shape index (κ1) is 19.9. The summed E-state index contributed by atoms with van der Waals surface area (Å²) < 4.78 is 27.8. The molecule has 1 N–H and O–H groups in total. The lowest BCUT2D eigenvalue weighted by atomic mass is 9.99. The van der Waals surface area contributed by atoms with Crippen molar-refractivity contribution in [2.24, 2.45) is 0 Å². The highest BCUT2D eigenvalue weighted by Crippen LogP contribution is 2.26. The number of carbonyl (C=O) groups is 1. The molecule has 0 saturated heterocycles. The molecule has 0 spiro atoms. The van der Waals surface area contributed by atoms with Crippen LogP contribution >= 0.6 is 22.9 Å². The van der Waals surface area contributed by atoms with E-state index in [9.17, 15) is 13.2 Å². The summed E-state index contributed by atoms with van der Waals surface area (Å²) in [6, 6.07) is 16.1. The van der Waals surface area contributed by atoms with Crippen molar-refractivity contribution in [3.05, 3.63) is 86.6 Å². The van der Waals surface area contributed by atoms with Gasteiger partial charge in [-0.25, -0.2) is 8.42 Å². The number of nitrogens with one attached hydrogen (secondary N) is 1. The highest BCUT2D eigenvalue weighted by atomic mass is 35.5. The van der Waals surface area contributed by atoms with E-state index in [4.69, 9.17) is 11.6 Å². The number of rotatable bonds is 5. The minimum atomic E-state index is -3.62. The van der Waals surface area contributed by atoms with Crippen LogP contribution in [-0.2, 0) is 28.7 Å². The van der Waals surface area contributed by atoms with Crippen LogP contribution in [0.15, 0.2) is 60.0 Å². The minimum absolute atomic E-state index is 0.00959. The number of benzene rings is 2. The standard InChI is InChI=1S/C21H19ClN2O3S2/c22-19-5-2-1-4-16(19)14-29(26,27)23-18-8-7-15-9-10-24(13-17(15)12-18)21(25)20-6-3-11-28-20/h1-8,11-12,23H,9-10,13-14H2. The molecule has 5 nitrogen and oxygen atoms in total. The fourth-order valence-corrected chi connectivity index (χ4v) is 5.58. The molecule has 0 unspecified atom stereocenters. The maximum absolute atomic E-state index is 12.6. The minimum Gasteiger partial charge on any atom is -0.333 e. The molecular weight excluding hydrogens is 428 g/mol. The van der Waals surface area contributed by atoms with E-state index in [0.29, 0.717) is 34.2 Å². The van der Waals surface area contributed by atoms with E-state index in [-0.39, 0.29) is 11.7 Å². The van der Waals surface area contributed by atoms with Gasteiger partial charge in [0.15, 0.2) is 0 Å². The lowest BCUT2D eigenvalue weighted by molar-refractivity contribution is 0.0739. The van der Waals surface area contributed by atoms with Crippen LogP contribution in [0.1, 0.15) is 26.4 Å². The number of anilines is 1. The third-order valence-electron chi connectivity index (χ3n) is 4.81. The molecule has 0 aliphatic carbocycles. The summed E-state index contributed by atoms with van der Waals surface area (Å²) in [5.74, 6) is -0.192. The molecule has 150 valence electrons. The first-order valence-corrected chi connectivity index (χ1v) is 12.0. The topological polar surface area (TPSA) is 66.5 Å². The quantitative estimate of drug-likeness (QED) is 0.625. The molecule has 0 fully saturated rings. The highest BCUT2D eigenvalue weighted by Gasteiger charge is 2.23. The van der Waals surface area contributed by atoms with Gasteiger partial charge in [0.05, 0.1) is 10.6 Å². The number of halogens is 1. The maximum Gasteiger partial charge on any atom is 0.264 e. The lowest BCUT2D eigenvalue weighted by Gasteiger charge is -2.29. The van der Waals surface area contributed by atoms with E-state index in [1.54, 1.807) is 35.2 Å². The monoisotopic (exact) mass is 446 g/mol. The number of sulfonamides is 1. The Labute approximate surface area is 179 Å². The van der Waals surface area contributed by atoms with Crippen LogP contribution in [0.5, 0.6) is 0 Å². The van der Waals surface area contributed by atoms with Gasteiger partial charge in [-0.15, -0.1) is 11.3 Å². The molecule has 1 aromatic heterocycles. The Morgan fingerprint density at radius 3 is 2.69 bits per heavy atom. The summed E-state index contributed by atoms with van der Waals surface area (Å²) in [7, 11) is -3.62. The zero-order valence-electron chi connectivity index (χ0n) is 15.5. The van der Waals surface area contributed by atoms with Crippen LogP contribution in [0, 0.1) is 0 Å². The average Bonchev–Trinajstić information content (AvgIpc) is 3.23. The van der Waals surface area contributed by atoms with Crippen LogP contribution in [0.25, 0.3) is 0 Å². The molecule has 0 atom stereocenters. The zero-order valence-corrected chi connectivity index (χ0v) is 17.9. The Hall–Kier alpha value is -2.35. The number of carbonyl (C=O) groups excluding carboxylic acids is 1. The second-order valence-corrected chi connectivity index (χ2v) is 9.97. The number of hydrogen-bond donors (Lipinski definition) is 1. The van der Waals surface area contributed by atoms with Crippen molar-refractivity contribution >= 4 is 44.6 Å². The molecule has 3 aromatic rings. The SMILES string of the molecule is O=C(c1cccs1)N1CCc2ccc(NS(=O)(=O)Cc3ccccc3Cl)cc2C1. The Bertz CT molecular complexity index is 1140. The van der Waals surface area contributed by atoms with Gasteiger partial charge in [-0.1, -0.05) is 41.9 Å². The van der Waals surface area contributed by atoms with Crippen molar-refractivity contribution in [2.75, 3.05) is 11.3 Å². The first-order chi connectivity index (χ1) is 13.9. The number of nitrogens with zero attached hydrogens (tertiary/aromatic N) is 1. The summed E-state index contributed by atoms with van der Waals surface area (Å²) in [6.45, 7) is 1.12. The molecule has 0 saturated carbocycles.